The van der Waals surface area contributed by atoms with Gasteiger partial charge in [-0.1, -0.05) is 6.92 Å². The van der Waals surface area contributed by atoms with E-state index in [2.05, 4.69) is 13.5 Å². The van der Waals surface area contributed by atoms with Gasteiger partial charge in [0.15, 0.2) is 0 Å². The Morgan fingerprint density at radius 2 is 1.80 bits per heavy atom. The number of hydrogen-bond donors (Lipinski definition) is 0. The first-order valence-electron chi connectivity index (χ1n) is 1.21. The van der Waals surface area contributed by atoms with E-state index in [1.807, 2.05) is 6.92 Å². The van der Waals surface area contributed by atoms with Crippen LogP contribution >= 0.6 is 0 Å². The molecule has 0 spiro atoms. The number of rotatable bonds is 0. The molecule has 0 aromatic rings. The summed E-state index contributed by atoms with van der Waals surface area (Å²) >= 11 is 0. The Kier molecular flexibility index (Phi) is 7.40. The van der Waals surface area contributed by atoms with E-state index >= 15 is 0 Å². The van der Waals surface area contributed by atoms with Crippen LogP contribution in [-0.2, 0) is 17.4 Å². The van der Waals surface area contributed by atoms with Crippen LogP contribution in [0.1, 0.15) is 6.92 Å². The van der Waals surface area contributed by atoms with Gasteiger partial charge in [0.05, 0.1) is 0 Å². The van der Waals surface area contributed by atoms with Crippen LogP contribution in [-0.4, -0.2) is 0 Å². The van der Waals surface area contributed by atoms with E-state index in [9.17, 15) is 0 Å². The van der Waals surface area contributed by atoms with Crippen molar-refractivity contribution < 1.29 is 17.4 Å². The third-order valence-electron chi connectivity index (χ3n) is 0. The minimum absolute atomic E-state index is 0. The summed E-state index contributed by atoms with van der Waals surface area (Å²) in [6.07, 6.45) is 0. The van der Waals surface area contributed by atoms with Gasteiger partial charge < -0.3 is 0 Å². The quantitative estimate of drug-likeness (QED) is 0.410. The molecule has 0 bridgehead atoms. The average molecular weight is 107 g/mol. The molecule has 0 fully saturated rings. The van der Waals surface area contributed by atoms with Crippen LogP contribution in [0.4, 0.5) is 0 Å². The summed E-state index contributed by atoms with van der Waals surface area (Å²) < 4.78 is 0. The Morgan fingerprint density at radius 1 is 1.80 bits per heavy atom. The molecule has 0 saturated heterocycles. The van der Waals surface area contributed by atoms with Gasteiger partial charge in [-0.2, -0.15) is 0 Å². The molecule has 0 aliphatic carbocycles. The molecule has 0 nitrogen and oxygen atoms in total. The first-order valence-corrected chi connectivity index (χ1v) is 1.21. The van der Waals surface area contributed by atoms with Crippen LogP contribution in [0.2, 0.25) is 0 Å². The summed E-state index contributed by atoms with van der Waals surface area (Å²) in [5.41, 5.74) is 0.917. The molecule has 0 aliphatic rings. The largest absolute Gasteiger partial charge is 0.242 e. The van der Waals surface area contributed by atoms with E-state index in [4.69, 9.17) is 0 Å². The van der Waals surface area contributed by atoms with Gasteiger partial charge >= 0.3 is 0 Å². The molecule has 0 radical (unpaired) electrons. The normalized spacial score (nSPS) is 5.00. The standard InChI is InChI=1S/C4H7.Cr/c1-4(2)3;/h1-2H2,3H3;/q-1;. The molecule has 0 heterocycles. The molecule has 0 unspecified atom stereocenters. The second-order valence-corrected chi connectivity index (χ2v) is 0.957. The van der Waals surface area contributed by atoms with Crippen molar-refractivity contribution in [2.45, 2.75) is 6.92 Å². The van der Waals surface area contributed by atoms with Crippen molar-refractivity contribution in [3.8, 4) is 0 Å². The fourth-order valence-electron chi connectivity index (χ4n) is 0. The molecule has 0 aromatic carbocycles. The van der Waals surface area contributed by atoms with Gasteiger partial charge in [-0.25, -0.2) is 19.1 Å². The van der Waals surface area contributed by atoms with Crippen molar-refractivity contribution in [3.63, 3.8) is 0 Å². The molecule has 1 heteroatoms. The first-order chi connectivity index (χ1) is 1.73. The third kappa shape index (κ3) is 937. The molecule has 0 amide bonds. The first kappa shape index (κ1) is 8.94. The van der Waals surface area contributed by atoms with Crippen molar-refractivity contribution in [1.29, 1.82) is 0 Å². The number of allylic oxidation sites excluding steroid dienone is 1. The van der Waals surface area contributed by atoms with Gasteiger partial charge in [0, 0.05) is 17.4 Å². The van der Waals surface area contributed by atoms with Gasteiger partial charge in [0.1, 0.15) is 0 Å². The zero-order chi connectivity index (χ0) is 3.58. The van der Waals surface area contributed by atoms with E-state index in [0.717, 1.165) is 5.57 Å². The Morgan fingerprint density at radius 3 is 1.80 bits per heavy atom. The SMILES string of the molecule is C=C([CH2-])C.[Cr]. The Balaban J connectivity index is 0. The van der Waals surface area contributed by atoms with Gasteiger partial charge in [-0.15, -0.1) is 0 Å². The van der Waals surface area contributed by atoms with E-state index in [1.165, 1.54) is 0 Å². The molecule has 0 aliphatic heterocycles. The average Bonchev–Trinajstić information content (AvgIpc) is 0.811. The maximum atomic E-state index is 3.44. The van der Waals surface area contributed by atoms with Crippen LogP contribution in [0.25, 0.3) is 0 Å². The summed E-state index contributed by atoms with van der Waals surface area (Å²) in [6.45, 7) is 8.75. The molecular weight excluding hydrogens is 100 g/mol. The molecule has 0 N–H and O–H groups in total. The fourth-order valence-corrected chi connectivity index (χ4v) is 0. The minimum atomic E-state index is 0. The van der Waals surface area contributed by atoms with Crippen molar-refractivity contribution >= 4 is 0 Å². The molecule has 0 rings (SSSR count). The van der Waals surface area contributed by atoms with Crippen LogP contribution in [0, 0.1) is 6.92 Å². The predicted molar refractivity (Wildman–Crippen MR) is 20.2 cm³/mol. The molecule has 0 atom stereocenters. The summed E-state index contributed by atoms with van der Waals surface area (Å²) in [7, 11) is 0. The molecule has 0 saturated carbocycles. The smallest absolute Gasteiger partial charge is 0 e. The van der Waals surface area contributed by atoms with Crippen LogP contribution in [0.15, 0.2) is 12.2 Å². The molecule has 5 heavy (non-hydrogen) atoms. The number of hydrogen-bond acceptors (Lipinski definition) is 0. The van der Waals surface area contributed by atoms with E-state index in [1.54, 1.807) is 0 Å². The predicted octanol–water partition coefficient (Wildman–Crippen LogP) is 1.39. The molecular formula is C4H7Cr-. The topological polar surface area (TPSA) is 0 Å². The summed E-state index contributed by atoms with van der Waals surface area (Å²) in [5, 5.41) is 0. The second kappa shape index (κ2) is 4.14. The van der Waals surface area contributed by atoms with Crippen LogP contribution in [0.3, 0.4) is 0 Å². The third-order valence-corrected chi connectivity index (χ3v) is 0. The van der Waals surface area contributed by atoms with Gasteiger partial charge in [0.25, 0.3) is 0 Å². The van der Waals surface area contributed by atoms with Crippen LogP contribution < -0.4 is 0 Å². The van der Waals surface area contributed by atoms with Crippen molar-refractivity contribution in [2.75, 3.05) is 0 Å². The van der Waals surface area contributed by atoms with Crippen LogP contribution in [0.5, 0.6) is 0 Å². The van der Waals surface area contributed by atoms with Crippen molar-refractivity contribution in [2.24, 2.45) is 0 Å². The summed E-state index contributed by atoms with van der Waals surface area (Å²) in [4.78, 5) is 0. The van der Waals surface area contributed by atoms with Gasteiger partial charge in [-0.05, 0) is 0 Å². The van der Waals surface area contributed by atoms with E-state index in [-0.39, 0.29) is 17.4 Å². The Labute approximate surface area is 44.0 Å². The minimum Gasteiger partial charge on any atom is -0.242 e. The van der Waals surface area contributed by atoms with E-state index in [0.29, 0.717) is 0 Å². The fraction of sp³-hybridized carbons (Fsp3) is 0.250. The monoisotopic (exact) mass is 107 g/mol. The Hall–Kier alpha value is 0.142. The maximum absolute atomic E-state index is 3.44. The zero-order valence-electron chi connectivity index (χ0n) is 3.32. The van der Waals surface area contributed by atoms with Crippen molar-refractivity contribution in [3.05, 3.63) is 19.1 Å². The zero-order valence-corrected chi connectivity index (χ0v) is 4.60. The van der Waals surface area contributed by atoms with E-state index < -0.39 is 0 Å². The summed E-state index contributed by atoms with van der Waals surface area (Å²) in [6, 6.07) is 0. The molecule has 0 aromatic heterocycles. The van der Waals surface area contributed by atoms with Crippen molar-refractivity contribution in [1.82, 2.24) is 0 Å². The Bertz CT molecular complexity index is 26.6. The van der Waals surface area contributed by atoms with Gasteiger partial charge in [0.2, 0.25) is 0 Å². The summed E-state index contributed by atoms with van der Waals surface area (Å²) in [5.74, 6) is 0. The second-order valence-electron chi connectivity index (χ2n) is 0.957. The maximum Gasteiger partial charge on any atom is 0 e. The molecule has 30 valence electrons. The van der Waals surface area contributed by atoms with Gasteiger partial charge in [-0.3, -0.25) is 0 Å².